The van der Waals surface area contributed by atoms with Crippen molar-refractivity contribution in [1.82, 2.24) is 15.1 Å². The van der Waals surface area contributed by atoms with Crippen LogP contribution in [0.2, 0.25) is 0 Å². The molecule has 90 valence electrons. The molecule has 0 amide bonds. The molecule has 5 nitrogen and oxygen atoms in total. The lowest BCUT2D eigenvalue weighted by Gasteiger charge is -2.16. The van der Waals surface area contributed by atoms with E-state index in [2.05, 4.69) is 22.1 Å². The van der Waals surface area contributed by atoms with Gasteiger partial charge in [-0.05, 0) is 26.3 Å². The predicted octanol–water partition coefficient (Wildman–Crippen LogP) is 1.38. The van der Waals surface area contributed by atoms with Gasteiger partial charge in [-0.3, -0.25) is 4.90 Å². The van der Waals surface area contributed by atoms with Gasteiger partial charge in [0.2, 0.25) is 11.8 Å². The highest BCUT2D eigenvalue weighted by atomic mass is 16.5. The Kier molecular flexibility index (Phi) is 3.90. The SMILES string of the molecule is Cc1nnc(CN(C)CCC2CCCO2)o1. The highest BCUT2D eigenvalue weighted by molar-refractivity contribution is 4.78. The molecule has 1 unspecified atom stereocenters. The maximum absolute atomic E-state index is 5.58. The number of aryl methyl sites for hydroxylation is 1. The molecule has 0 N–H and O–H groups in total. The van der Waals surface area contributed by atoms with Gasteiger partial charge in [0, 0.05) is 20.1 Å². The van der Waals surface area contributed by atoms with E-state index in [9.17, 15) is 0 Å². The second-order valence-electron chi connectivity index (χ2n) is 4.38. The van der Waals surface area contributed by atoms with Gasteiger partial charge in [0.05, 0.1) is 12.6 Å². The van der Waals surface area contributed by atoms with Crippen molar-refractivity contribution in [3.05, 3.63) is 11.8 Å². The summed E-state index contributed by atoms with van der Waals surface area (Å²) in [6.45, 7) is 4.46. The summed E-state index contributed by atoms with van der Waals surface area (Å²) in [5.41, 5.74) is 0. The molecule has 0 saturated carbocycles. The average Bonchev–Trinajstić information content (AvgIpc) is 2.87. The zero-order chi connectivity index (χ0) is 11.4. The molecule has 1 aromatic heterocycles. The molecule has 0 radical (unpaired) electrons. The van der Waals surface area contributed by atoms with Gasteiger partial charge in [-0.25, -0.2) is 0 Å². The highest BCUT2D eigenvalue weighted by Crippen LogP contribution is 2.15. The van der Waals surface area contributed by atoms with Crippen molar-refractivity contribution in [2.75, 3.05) is 20.2 Å². The molecule has 0 aliphatic carbocycles. The third-order valence-corrected chi connectivity index (χ3v) is 2.83. The number of hydrogen-bond acceptors (Lipinski definition) is 5. The fourth-order valence-corrected chi connectivity index (χ4v) is 1.95. The topological polar surface area (TPSA) is 51.4 Å². The molecule has 2 heterocycles. The molecule has 2 rings (SSSR count). The second kappa shape index (κ2) is 5.41. The molecule has 1 aliphatic rings. The van der Waals surface area contributed by atoms with Crippen LogP contribution in [-0.2, 0) is 11.3 Å². The van der Waals surface area contributed by atoms with Crippen molar-refractivity contribution in [1.29, 1.82) is 0 Å². The summed E-state index contributed by atoms with van der Waals surface area (Å²) in [5, 5.41) is 7.79. The van der Waals surface area contributed by atoms with E-state index in [0.29, 0.717) is 24.4 Å². The Morgan fingerprint density at radius 1 is 1.44 bits per heavy atom. The Morgan fingerprint density at radius 3 is 2.94 bits per heavy atom. The maximum Gasteiger partial charge on any atom is 0.230 e. The van der Waals surface area contributed by atoms with Gasteiger partial charge in [0.15, 0.2) is 0 Å². The Bertz CT molecular complexity index is 321. The van der Waals surface area contributed by atoms with Gasteiger partial charge < -0.3 is 9.15 Å². The number of nitrogens with zero attached hydrogens (tertiary/aromatic N) is 3. The van der Waals surface area contributed by atoms with Crippen LogP contribution in [-0.4, -0.2) is 41.4 Å². The number of ether oxygens (including phenoxy) is 1. The summed E-state index contributed by atoms with van der Waals surface area (Å²) in [6.07, 6.45) is 3.95. The van der Waals surface area contributed by atoms with Crippen molar-refractivity contribution in [3.63, 3.8) is 0 Å². The average molecular weight is 225 g/mol. The van der Waals surface area contributed by atoms with E-state index in [1.807, 2.05) is 6.92 Å². The monoisotopic (exact) mass is 225 g/mol. The predicted molar refractivity (Wildman–Crippen MR) is 59.0 cm³/mol. The lowest BCUT2D eigenvalue weighted by molar-refractivity contribution is 0.0933. The quantitative estimate of drug-likeness (QED) is 0.757. The first-order valence-electron chi connectivity index (χ1n) is 5.83. The summed E-state index contributed by atoms with van der Waals surface area (Å²) in [7, 11) is 2.06. The first kappa shape index (κ1) is 11.5. The van der Waals surface area contributed by atoms with Gasteiger partial charge in [0.25, 0.3) is 0 Å². The molecular formula is C11H19N3O2. The Hall–Kier alpha value is -0.940. The zero-order valence-corrected chi connectivity index (χ0v) is 9.98. The van der Waals surface area contributed by atoms with Crippen LogP contribution in [0.5, 0.6) is 0 Å². The number of hydrogen-bond donors (Lipinski definition) is 0. The van der Waals surface area contributed by atoms with Crippen LogP contribution < -0.4 is 0 Å². The largest absolute Gasteiger partial charge is 0.424 e. The van der Waals surface area contributed by atoms with Gasteiger partial charge in [-0.2, -0.15) is 0 Å². The molecule has 1 aromatic rings. The minimum absolute atomic E-state index is 0.451. The second-order valence-corrected chi connectivity index (χ2v) is 4.38. The minimum Gasteiger partial charge on any atom is -0.424 e. The molecule has 5 heteroatoms. The van der Waals surface area contributed by atoms with Crippen LogP contribution in [0.3, 0.4) is 0 Å². The fraction of sp³-hybridized carbons (Fsp3) is 0.818. The third kappa shape index (κ3) is 3.28. The van der Waals surface area contributed by atoms with Crippen LogP contribution in [0, 0.1) is 6.92 Å². The van der Waals surface area contributed by atoms with Crippen LogP contribution >= 0.6 is 0 Å². The Morgan fingerprint density at radius 2 is 2.31 bits per heavy atom. The van der Waals surface area contributed by atoms with Crippen LogP contribution in [0.15, 0.2) is 4.42 Å². The van der Waals surface area contributed by atoms with Gasteiger partial charge >= 0.3 is 0 Å². The number of rotatable bonds is 5. The third-order valence-electron chi connectivity index (χ3n) is 2.83. The standard InChI is InChI=1S/C11H19N3O2/c1-9-12-13-11(16-9)8-14(2)6-5-10-4-3-7-15-10/h10H,3-8H2,1-2H3. The van der Waals surface area contributed by atoms with Crippen LogP contribution in [0.4, 0.5) is 0 Å². The Balaban J connectivity index is 1.69. The summed E-state index contributed by atoms with van der Waals surface area (Å²) in [4.78, 5) is 2.19. The van der Waals surface area contributed by atoms with E-state index in [-0.39, 0.29) is 0 Å². The van der Waals surface area contributed by atoms with Crippen molar-refractivity contribution in [3.8, 4) is 0 Å². The first-order valence-corrected chi connectivity index (χ1v) is 5.83. The van der Waals surface area contributed by atoms with Crippen molar-refractivity contribution < 1.29 is 9.15 Å². The highest BCUT2D eigenvalue weighted by Gasteiger charge is 2.16. The summed E-state index contributed by atoms with van der Waals surface area (Å²) < 4.78 is 10.9. The van der Waals surface area contributed by atoms with Gasteiger partial charge in [-0.15, -0.1) is 10.2 Å². The molecule has 16 heavy (non-hydrogen) atoms. The van der Waals surface area contributed by atoms with E-state index < -0.39 is 0 Å². The van der Waals surface area contributed by atoms with Crippen molar-refractivity contribution in [2.45, 2.75) is 38.8 Å². The van der Waals surface area contributed by atoms with E-state index in [0.717, 1.165) is 19.6 Å². The van der Waals surface area contributed by atoms with Crippen molar-refractivity contribution >= 4 is 0 Å². The number of aromatic nitrogens is 2. The molecule has 1 saturated heterocycles. The zero-order valence-electron chi connectivity index (χ0n) is 9.98. The minimum atomic E-state index is 0.451. The van der Waals surface area contributed by atoms with E-state index in [4.69, 9.17) is 9.15 Å². The lowest BCUT2D eigenvalue weighted by atomic mass is 10.2. The summed E-state index contributed by atoms with van der Waals surface area (Å²) in [5.74, 6) is 1.31. The van der Waals surface area contributed by atoms with Crippen molar-refractivity contribution in [2.24, 2.45) is 0 Å². The summed E-state index contributed by atoms with van der Waals surface area (Å²) >= 11 is 0. The summed E-state index contributed by atoms with van der Waals surface area (Å²) in [6, 6.07) is 0. The smallest absolute Gasteiger partial charge is 0.230 e. The first-order chi connectivity index (χ1) is 7.74. The molecule has 1 atom stereocenters. The van der Waals surface area contributed by atoms with E-state index in [1.165, 1.54) is 12.8 Å². The van der Waals surface area contributed by atoms with Crippen LogP contribution in [0.1, 0.15) is 31.0 Å². The molecule has 0 spiro atoms. The van der Waals surface area contributed by atoms with E-state index >= 15 is 0 Å². The molecule has 0 aromatic carbocycles. The lowest BCUT2D eigenvalue weighted by Crippen LogP contribution is -2.23. The maximum atomic E-state index is 5.58. The van der Waals surface area contributed by atoms with E-state index in [1.54, 1.807) is 0 Å². The molecule has 0 bridgehead atoms. The van der Waals surface area contributed by atoms with Crippen LogP contribution in [0.25, 0.3) is 0 Å². The fourth-order valence-electron chi connectivity index (χ4n) is 1.95. The van der Waals surface area contributed by atoms with Gasteiger partial charge in [-0.1, -0.05) is 0 Å². The Labute approximate surface area is 95.8 Å². The molecule has 1 fully saturated rings. The molecule has 1 aliphatic heterocycles. The molecular weight excluding hydrogens is 206 g/mol. The normalized spacial score (nSPS) is 20.8. The van der Waals surface area contributed by atoms with Gasteiger partial charge in [0.1, 0.15) is 0 Å².